The van der Waals surface area contributed by atoms with Gasteiger partial charge in [0.05, 0.1) is 0 Å². The van der Waals surface area contributed by atoms with E-state index in [1.54, 1.807) is 0 Å². The van der Waals surface area contributed by atoms with Crippen LogP contribution in [0.2, 0.25) is 0 Å². The summed E-state index contributed by atoms with van der Waals surface area (Å²) in [5.41, 5.74) is 0. The quantitative estimate of drug-likeness (QED) is 0.125. The number of rotatable bonds is 24. The van der Waals surface area contributed by atoms with E-state index in [0.717, 1.165) is 38.5 Å². The molecule has 0 saturated heterocycles. The minimum atomic E-state index is -0.913. The summed E-state index contributed by atoms with van der Waals surface area (Å²) in [5, 5.41) is 30.1. The minimum Gasteiger partial charge on any atom is -0.550 e. The number of carboxylic acid groups (broad SMARTS) is 3. The van der Waals surface area contributed by atoms with Gasteiger partial charge in [-0.05, 0) is 38.5 Å². The first-order chi connectivity index (χ1) is 17.3. The molecule has 37 heavy (non-hydrogen) atoms. The molecule has 0 fully saturated rings. The Labute approximate surface area is 256 Å². The van der Waals surface area contributed by atoms with Gasteiger partial charge in [0.25, 0.3) is 0 Å². The third-order valence-corrected chi connectivity index (χ3v) is 5.95. The Morgan fingerprint density at radius 1 is 0.351 bits per heavy atom. The second kappa shape index (κ2) is 40.1. The van der Waals surface area contributed by atoms with Crippen molar-refractivity contribution >= 4 is 17.9 Å². The number of unbranched alkanes of at least 4 members (excludes halogenated alkanes) is 18. The maximum absolute atomic E-state index is 10.0. The zero-order chi connectivity index (χ0) is 27.7. The number of carbonyl (C=O) groups excluding carboxylic acids is 3. The van der Waals surface area contributed by atoms with Crippen molar-refractivity contribution in [3.8, 4) is 0 Å². The van der Waals surface area contributed by atoms with Crippen LogP contribution in [0.25, 0.3) is 0 Å². The van der Waals surface area contributed by atoms with Gasteiger partial charge in [-0.2, -0.15) is 0 Å². The summed E-state index contributed by atoms with van der Waals surface area (Å²) in [5.74, 6) is -2.74. The molecule has 0 saturated carbocycles. The van der Waals surface area contributed by atoms with Gasteiger partial charge in [-0.1, -0.05) is 136 Å². The molecule has 0 aromatic rings. The Kier molecular flexibility index (Phi) is 47.3. The van der Waals surface area contributed by atoms with Crippen molar-refractivity contribution in [2.45, 2.75) is 175 Å². The van der Waals surface area contributed by atoms with Gasteiger partial charge in [-0.25, -0.2) is 0 Å². The zero-order valence-corrected chi connectivity index (χ0v) is 28.1. The van der Waals surface area contributed by atoms with Crippen molar-refractivity contribution in [2.75, 3.05) is 0 Å². The number of aliphatic carboxylic acids is 3. The predicted molar refractivity (Wildman–Crippen MR) is 143 cm³/mol. The van der Waals surface area contributed by atoms with E-state index in [0.29, 0.717) is 0 Å². The summed E-state index contributed by atoms with van der Waals surface area (Å²) in [6, 6.07) is 0. The summed E-state index contributed by atoms with van der Waals surface area (Å²) in [6.07, 6.45) is 25.0. The molecular formula is C30H57LaO6. The Balaban J connectivity index is -0.000000218. The van der Waals surface area contributed by atoms with Crippen LogP contribution in [0.15, 0.2) is 0 Å². The second-order valence-corrected chi connectivity index (χ2v) is 9.73. The molecule has 0 bridgehead atoms. The van der Waals surface area contributed by atoms with E-state index in [2.05, 4.69) is 20.8 Å². The van der Waals surface area contributed by atoms with Gasteiger partial charge in [0, 0.05) is 17.9 Å². The monoisotopic (exact) mass is 652 g/mol. The van der Waals surface area contributed by atoms with Crippen LogP contribution in [0.3, 0.4) is 0 Å². The average molecular weight is 653 g/mol. The topological polar surface area (TPSA) is 120 Å². The van der Waals surface area contributed by atoms with Gasteiger partial charge < -0.3 is 29.7 Å². The summed E-state index contributed by atoms with van der Waals surface area (Å²) >= 11 is 0. The normalized spacial score (nSPS) is 9.81. The molecule has 0 radical (unpaired) electrons. The van der Waals surface area contributed by atoms with Gasteiger partial charge in [0.2, 0.25) is 0 Å². The SMILES string of the molecule is CCCCCCCCCC(=O)[O-].CCCCCCCCCC(=O)[O-].CCCCCCCCCC(=O)[O-].[La+3]. The molecule has 0 atom stereocenters. The van der Waals surface area contributed by atoms with Crippen LogP contribution >= 0.6 is 0 Å². The molecule has 0 amide bonds. The van der Waals surface area contributed by atoms with Crippen LogP contribution in [0.1, 0.15) is 175 Å². The smallest absolute Gasteiger partial charge is 0.550 e. The fourth-order valence-electron chi connectivity index (χ4n) is 3.68. The van der Waals surface area contributed by atoms with E-state index >= 15 is 0 Å². The van der Waals surface area contributed by atoms with Crippen LogP contribution in [0.4, 0.5) is 0 Å². The minimum absolute atomic E-state index is 0. The first-order valence-electron chi connectivity index (χ1n) is 14.9. The Morgan fingerprint density at radius 3 is 0.676 bits per heavy atom. The second-order valence-electron chi connectivity index (χ2n) is 9.73. The summed E-state index contributed by atoms with van der Waals surface area (Å²) in [4.78, 5) is 30.1. The van der Waals surface area contributed by atoms with Crippen LogP contribution in [0, 0.1) is 35.6 Å². The third kappa shape index (κ3) is 56.8. The molecule has 0 rings (SSSR count). The van der Waals surface area contributed by atoms with Gasteiger partial charge in [0.15, 0.2) is 0 Å². The molecule has 7 heteroatoms. The van der Waals surface area contributed by atoms with Crippen molar-refractivity contribution < 1.29 is 65.3 Å². The van der Waals surface area contributed by atoms with Crippen molar-refractivity contribution in [1.29, 1.82) is 0 Å². The fraction of sp³-hybridized carbons (Fsp3) is 0.900. The molecule has 0 aromatic heterocycles. The van der Waals surface area contributed by atoms with Gasteiger partial charge in [-0.3, -0.25) is 0 Å². The largest absolute Gasteiger partial charge is 3.00 e. The maximum atomic E-state index is 10.0. The molecule has 0 aliphatic heterocycles. The van der Waals surface area contributed by atoms with Gasteiger partial charge in [-0.15, -0.1) is 0 Å². The number of carboxylic acids is 3. The molecular weight excluding hydrogens is 595 g/mol. The molecule has 0 aliphatic rings. The standard InChI is InChI=1S/3C10H20O2.La/c3*1-2-3-4-5-6-7-8-9-10(11)12;/h3*2-9H2,1H3,(H,11,12);/q;;;+3/p-3. The van der Waals surface area contributed by atoms with Crippen molar-refractivity contribution in [1.82, 2.24) is 0 Å². The molecule has 0 unspecified atom stereocenters. The molecule has 0 aromatic carbocycles. The van der Waals surface area contributed by atoms with Gasteiger partial charge >= 0.3 is 35.6 Å². The number of hydrogen-bond acceptors (Lipinski definition) is 6. The van der Waals surface area contributed by atoms with Crippen LogP contribution in [0.5, 0.6) is 0 Å². The Hall–Kier alpha value is -0.395. The van der Waals surface area contributed by atoms with E-state index in [1.165, 1.54) is 96.3 Å². The first kappa shape index (κ1) is 43.7. The van der Waals surface area contributed by atoms with Crippen molar-refractivity contribution in [3.05, 3.63) is 0 Å². The van der Waals surface area contributed by atoms with E-state index < -0.39 is 17.9 Å². The van der Waals surface area contributed by atoms with Crippen molar-refractivity contribution in [2.24, 2.45) is 0 Å². The van der Waals surface area contributed by atoms with Crippen LogP contribution in [-0.2, 0) is 14.4 Å². The molecule has 0 N–H and O–H groups in total. The number of carbonyl (C=O) groups is 3. The fourth-order valence-corrected chi connectivity index (χ4v) is 3.68. The molecule has 0 spiro atoms. The van der Waals surface area contributed by atoms with Crippen molar-refractivity contribution in [3.63, 3.8) is 0 Å². The first-order valence-corrected chi connectivity index (χ1v) is 14.9. The van der Waals surface area contributed by atoms with Crippen LogP contribution < -0.4 is 15.3 Å². The Morgan fingerprint density at radius 2 is 0.514 bits per heavy atom. The molecule has 216 valence electrons. The summed E-state index contributed by atoms with van der Waals surface area (Å²) in [7, 11) is 0. The molecule has 0 aliphatic carbocycles. The van der Waals surface area contributed by atoms with E-state index in [-0.39, 0.29) is 54.9 Å². The summed E-state index contributed by atoms with van der Waals surface area (Å²) in [6.45, 7) is 6.57. The maximum Gasteiger partial charge on any atom is 3.00 e. The zero-order valence-electron chi connectivity index (χ0n) is 24.5. The van der Waals surface area contributed by atoms with Crippen LogP contribution in [-0.4, -0.2) is 17.9 Å². The van der Waals surface area contributed by atoms with E-state index in [1.807, 2.05) is 0 Å². The summed E-state index contributed by atoms with van der Waals surface area (Å²) < 4.78 is 0. The Bertz CT molecular complexity index is 404. The number of hydrogen-bond donors (Lipinski definition) is 0. The van der Waals surface area contributed by atoms with Gasteiger partial charge in [0.1, 0.15) is 0 Å². The van der Waals surface area contributed by atoms with E-state index in [4.69, 9.17) is 0 Å². The third-order valence-electron chi connectivity index (χ3n) is 5.95. The molecule has 0 heterocycles. The van der Waals surface area contributed by atoms with E-state index in [9.17, 15) is 29.7 Å². The predicted octanol–water partition coefficient (Wildman–Crippen LogP) is 5.63. The average Bonchev–Trinajstić information content (AvgIpc) is 2.83. The molecule has 6 nitrogen and oxygen atoms in total.